The number of hydrogen-bond donors (Lipinski definition) is 0. The molecule has 1 aromatic carbocycles. The molecule has 3 rings (SSSR count). The molecule has 2 aromatic rings. The second kappa shape index (κ2) is 5.54. The topological polar surface area (TPSA) is 50.3 Å². The van der Waals surface area contributed by atoms with Crippen LogP contribution >= 0.6 is 11.8 Å². The number of hydrogen-bond acceptors (Lipinski definition) is 4. The molecule has 4 nitrogen and oxygen atoms in total. The zero-order valence-electron chi connectivity index (χ0n) is 11.3. The lowest BCUT2D eigenvalue weighted by Crippen LogP contribution is -2.28. The number of anilines is 1. The Morgan fingerprint density at radius 3 is 2.67 bits per heavy atom. The Morgan fingerprint density at radius 1 is 1.14 bits per heavy atom. The van der Waals surface area contributed by atoms with Crippen LogP contribution in [0.15, 0.2) is 53.7 Å². The SMILES string of the molecule is Cc1ccccc1N1C(=O)S/C(=C\c2cccnc2)C1=O. The Hall–Kier alpha value is -2.40. The van der Waals surface area contributed by atoms with Crippen molar-refractivity contribution >= 4 is 34.7 Å². The van der Waals surface area contributed by atoms with Gasteiger partial charge in [0.15, 0.2) is 0 Å². The van der Waals surface area contributed by atoms with Gasteiger partial charge in [-0.1, -0.05) is 24.3 Å². The molecule has 1 aromatic heterocycles. The van der Waals surface area contributed by atoms with E-state index in [-0.39, 0.29) is 11.1 Å². The van der Waals surface area contributed by atoms with Crippen molar-refractivity contribution in [3.05, 3.63) is 64.8 Å². The molecule has 1 fully saturated rings. The van der Waals surface area contributed by atoms with Gasteiger partial charge in [0.1, 0.15) is 0 Å². The summed E-state index contributed by atoms with van der Waals surface area (Å²) < 4.78 is 0. The zero-order chi connectivity index (χ0) is 14.8. The van der Waals surface area contributed by atoms with Gasteiger partial charge in [0.25, 0.3) is 11.1 Å². The highest BCUT2D eigenvalue weighted by molar-refractivity contribution is 8.19. The van der Waals surface area contributed by atoms with Crippen molar-refractivity contribution in [2.45, 2.75) is 6.92 Å². The number of thioether (sulfide) groups is 1. The Balaban J connectivity index is 1.97. The lowest BCUT2D eigenvalue weighted by molar-refractivity contribution is -0.113. The minimum absolute atomic E-state index is 0.274. The second-order valence-corrected chi connectivity index (χ2v) is 5.58. The fourth-order valence-corrected chi connectivity index (χ4v) is 2.94. The fourth-order valence-electron chi connectivity index (χ4n) is 2.10. The van der Waals surface area contributed by atoms with E-state index < -0.39 is 0 Å². The van der Waals surface area contributed by atoms with Crippen LogP contribution in [0, 0.1) is 6.92 Å². The molecule has 0 bridgehead atoms. The average Bonchev–Trinajstić information content (AvgIpc) is 2.76. The van der Waals surface area contributed by atoms with Crippen LogP contribution in [0.25, 0.3) is 6.08 Å². The number of amides is 2. The summed E-state index contributed by atoms with van der Waals surface area (Å²) in [7, 11) is 0. The number of rotatable bonds is 2. The van der Waals surface area contributed by atoms with Gasteiger partial charge >= 0.3 is 0 Å². The number of imide groups is 1. The molecule has 0 saturated carbocycles. The first-order chi connectivity index (χ1) is 10.2. The number of benzene rings is 1. The van der Waals surface area contributed by atoms with Crippen LogP contribution < -0.4 is 4.90 Å². The maximum absolute atomic E-state index is 12.5. The van der Waals surface area contributed by atoms with Crippen LogP contribution in [0.5, 0.6) is 0 Å². The number of nitrogens with zero attached hydrogens (tertiary/aromatic N) is 2. The normalized spacial score (nSPS) is 16.8. The molecule has 0 spiro atoms. The number of carbonyl (C=O) groups is 2. The van der Waals surface area contributed by atoms with Crippen molar-refractivity contribution in [3.63, 3.8) is 0 Å². The minimum atomic E-state index is -0.289. The molecule has 104 valence electrons. The molecule has 1 aliphatic heterocycles. The van der Waals surface area contributed by atoms with Gasteiger partial charge in [0.05, 0.1) is 10.6 Å². The maximum atomic E-state index is 12.5. The summed E-state index contributed by atoms with van der Waals surface area (Å²) in [6, 6.07) is 11.0. The third-order valence-corrected chi connectivity index (χ3v) is 4.00. The minimum Gasteiger partial charge on any atom is -0.268 e. The summed E-state index contributed by atoms with van der Waals surface area (Å²) in [4.78, 5) is 30.3. The Bertz CT molecular complexity index is 741. The van der Waals surface area contributed by atoms with E-state index in [0.29, 0.717) is 10.6 Å². The van der Waals surface area contributed by atoms with Crippen LogP contribution in [0.2, 0.25) is 0 Å². The molecule has 2 heterocycles. The summed E-state index contributed by atoms with van der Waals surface area (Å²) in [6.45, 7) is 1.88. The quantitative estimate of drug-likeness (QED) is 0.794. The van der Waals surface area contributed by atoms with Gasteiger partial charge in [0.2, 0.25) is 0 Å². The number of aromatic nitrogens is 1. The molecule has 0 atom stereocenters. The van der Waals surface area contributed by atoms with Gasteiger partial charge in [-0.2, -0.15) is 0 Å². The highest BCUT2D eigenvalue weighted by Crippen LogP contribution is 2.36. The number of aryl methyl sites for hydroxylation is 1. The lowest BCUT2D eigenvalue weighted by atomic mass is 10.2. The van der Waals surface area contributed by atoms with Crippen LogP contribution in [-0.2, 0) is 4.79 Å². The molecule has 5 heteroatoms. The molecule has 0 aliphatic carbocycles. The molecule has 1 saturated heterocycles. The van der Waals surface area contributed by atoms with Crippen molar-refractivity contribution in [2.75, 3.05) is 4.90 Å². The highest BCUT2D eigenvalue weighted by atomic mass is 32.2. The van der Waals surface area contributed by atoms with E-state index in [2.05, 4.69) is 4.98 Å². The van der Waals surface area contributed by atoms with Crippen LogP contribution in [0.3, 0.4) is 0 Å². The van der Waals surface area contributed by atoms with Gasteiger partial charge in [-0.15, -0.1) is 0 Å². The smallest absolute Gasteiger partial charge is 0.268 e. The van der Waals surface area contributed by atoms with Crippen molar-refractivity contribution in [3.8, 4) is 0 Å². The van der Waals surface area contributed by atoms with Crippen LogP contribution in [-0.4, -0.2) is 16.1 Å². The monoisotopic (exact) mass is 296 g/mol. The molecule has 0 radical (unpaired) electrons. The molecule has 21 heavy (non-hydrogen) atoms. The van der Waals surface area contributed by atoms with Gasteiger partial charge in [-0.3, -0.25) is 14.6 Å². The Morgan fingerprint density at radius 2 is 1.95 bits per heavy atom. The average molecular weight is 296 g/mol. The summed E-state index contributed by atoms with van der Waals surface area (Å²) in [5, 5.41) is -0.274. The van der Waals surface area contributed by atoms with Crippen LogP contribution in [0.4, 0.5) is 10.5 Å². The standard InChI is InChI=1S/C16H12N2O2S/c1-11-5-2-3-7-13(11)18-15(19)14(21-16(18)20)9-12-6-4-8-17-10-12/h2-10H,1H3/b14-9-. The Kier molecular flexibility index (Phi) is 3.58. The van der Waals surface area contributed by atoms with E-state index in [1.165, 1.54) is 4.90 Å². The third-order valence-electron chi connectivity index (χ3n) is 3.13. The predicted octanol–water partition coefficient (Wildman–Crippen LogP) is 3.63. The maximum Gasteiger partial charge on any atom is 0.298 e. The third kappa shape index (κ3) is 2.60. The van der Waals surface area contributed by atoms with Crippen molar-refractivity contribution < 1.29 is 9.59 Å². The lowest BCUT2D eigenvalue weighted by Gasteiger charge is -2.14. The molecule has 2 amide bonds. The predicted molar refractivity (Wildman–Crippen MR) is 83.9 cm³/mol. The molecule has 0 unspecified atom stereocenters. The van der Waals surface area contributed by atoms with E-state index in [1.807, 2.05) is 31.2 Å². The first kappa shape index (κ1) is 13.6. The Labute approximate surface area is 126 Å². The first-order valence-electron chi connectivity index (χ1n) is 6.40. The van der Waals surface area contributed by atoms with Gasteiger partial charge in [-0.05, 0) is 48.0 Å². The molecular weight excluding hydrogens is 284 g/mol. The summed E-state index contributed by atoms with van der Waals surface area (Å²) in [6.07, 6.45) is 5.01. The molecular formula is C16H12N2O2S. The van der Waals surface area contributed by atoms with E-state index in [1.54, 1.807) is 30.6 Å². The largest absolute Gasteiger partial charge is 0.298 e. The zero-order valence-corrected chi connectivity index (χ0v) is 12.1. The highest BCUT2D eigenvalue weighted by Gasteiger charge is 2.36. The fraction of sp³-hybridized carbons (Fsp3) is 0.0625. The van der Waals surface area contributed by atoms with Crippen molar-refractivity contribution in [1.82, 2.24) is 4.98 Å². The first-order valence-corrected chi connectivity index (χ1v) is 7.22. The summed E-state index contributed by atoms with van der Waals surface area (Å²) in [5.41, 5.74) is 2.32. The van der Waals surface area contributed by atoms with Crippen molar-refractivity contribution in [2.24, 2.45) is 0 Å². The van der Waals surface area contributed by atoms with Crippen molar-refractivity contribution in [1.29, 1.82) is 0 Å². The number of carbonyl (C=O) groups excluding carboxylic acids is 2. The van der Waals surface area contributed by atoms with Crippen LogP contribution in [0.1, 0.15) is 11.1 Å². The van der Waals surface area contributed by atoms with Gasteiger partial charge in [0, 0.05) is 12.4 Å². The van der Waals surface area contributed by atoms with E-state index in [0.717, 1.165) is 22.9 Å². The summed E-state index contributed by atoms with van der Waals surface area (Å²) in [5.74, 6) is -0.289. The van der Waals surface area contributed by atoms with E-state index >= 15 is 0 Å². The van der Waals surface area contributed by atoms with Gasteiger partial charge in [-0.25, -0.2) is 4.90 Å². The molecule has 1 aliphatic rings. The second-order valence-electron chi connectivity index (χ2n) is 4.59. The molecule has 0 N–H and O–H groups in total. The number of pyridine rings is 1. The van der Waals surface area contributed by atoms with E-state index in [4.69, 9.17) is 0 Å². The van der Waals surface area contributed by atoms with Gasteiger partial charge < -0.3 is 0 Å². The summed E-state index contributed by atoms with van der Waals surface area (Å²) >= 11 is 0.951. The van der Waals surface area contributed by atoms with E-state index in [9.17, 15) is 9.59 Å². The number of para-hydroxylation sites is 1.